The molecule has 0 aliphatic carbocycles. The van der Waals surface area contributed by atoms with Gasteiger partial charge in [-0.3, -0.25) is 0 Å². The predicted octanol–water partition coefficient (Wildman–Crippen LogP) is 3.41. The van der Waals surface area contributed by atoms with Crippen molar-refractivity contribution in [2.45, 2.75) is 26.4 Å². The molecule has 17 heavy (non-hydrogen) atoms. The number of aromatic nitrogens is 2. The van der Waals surface area contributed by atoms with Crippen LogP contribution in [-0.2, 0) is 6.54 Å². The average Bonchev–Trinajstić information content (AvgIpc) is 2.87. The molecule has 0 radical (unpaired) electrons. The molecule has 0 aliphatic rings. The van der Waals surface area contributed by atoms with Gasteiger partial charge in [-0.2, -0.15) is 0 Å². The summed E-state index contributed by atoms with van der Waals surface area (Å²) in [6.07, 6.45) is 3.72. The van der Waals surface area contributed by atoms with Crippen LogP contribution in [0.2, 0.25) is 0 Å². The molecule has 2 rings (SSSR count). The van der Waals surface area contributed by atoms with E-state index in [0.29, 0.717) is 5.92 Å². The van der Waals surface area contributed by atoms with E-state index in [2.05, 4.69) is 50.8 Å². The fourth-order valence-corrected chi connectivity index (χ4v) is 3.14. The van der Waals surface area contributed by atoms with E-state index in [-0.39, 0.29) is 6.04 Å². The Morgan fingerprint density at radius 3 is 2.88 bits per heavy atom. The smallest absolute Gasteiger partial charge is 0.0952 e. The number of thiophene rings is 1. The Morgan fingerprint density at radius 1 is 1.53 bits per heavy atom. The molecule has 0 aliphatic heterocycles. The van der Waals surface area contributed by atoms with Gasteiger partial charge in [0.25, 0.3) is 0 Å². The number of hydrogen-bond acceptors (Lipinski definition) is 3. The molecular weight excluding hydrogens is 298 g/mol. The maximum atomic E-state index is 6.18. The number of hydrogen-bond donors (Lipinski definition) is 1. The van der Waals surface area contributed by atoms with Crippen LogP contribution in [0.25, 0.3) is 0 Å². The Labute approximate surface area is 114 Å². The van der Waals surface area contributed by atoms with Crippen LogP contribution in [0.5, 0.6) is 0 Å². The van der Waals surface area contributed by atoms with Crippen LogP contribution in [0.15, 0.2) is 28.4 Å². The molecule has 2 heterocycles. The monoisotopic (exact) mass is 313 g/mol. The molecule has 0 saturated heterocycles. The summed E-state index contributed by atoms with van der Waals surface area (Å²) in [6.45, 7) is 5.10. The minimum atomic E-state index is 0.0425. The molecule has 2 aromatic heterocycles. The largest absolute Gasteiger partial charge is 0.328 e. The van der Waals surface area contributed by atoms with Gasteiger partial charge in [-0.05, 0) is 27.9 Å². The van der Waals surface area contributed by atoms with Crippen LogP contribution in [0.4, 0.5) is 0 Å². The number of imidazole rings is 1. The van der Waals surface area contributed by atoms with Crippen LogP contribution in [0.1, 0.15) is 30.5 Å². The molecule has 0 bridgehead atoms. The lowest BCUT2D eigenvalue weighted by atomic mass is 10.0. The van der Waals surface area contributed by atoms with Gasteiger partial charge in [0.2, 0.25) is 0 Å². The van der Waals surface area contributed by atoms with Crippen LogP contribution in [-0.4, -0.2) is 9.55 Å². The molecule has 3 nitrogen and oxygen atoms in total. The molecule has 0 fully saturated rings. The van der Waals surface area contributed by atoms with Crippen LogP contribution in [0.3, 0.4) is 0 Å². The van der Waals surface area contributed by atoms with Crippen LogP contribution < -0.4 is 5.73 Å². The Bertz CT molecular complexity index is 489. The molecule has 5 heteroatoms. The molecule has 0 saturated carbocycles. The minimum absolute atomic E-state index is 0.0425. The van der Waals surface area contributed by atoms with Gasteiger partial charge in [-0.15, -0.1) is 11.3 Å². The van der Waals surface area contributed by atoms with E-state index in [1.165, 1.54) is 4.88 Å². The SMILES string of the molecule is CC(C)C(N)c1cncn1Cc1cc(Br)cs1. The average molecular weight is 314 g/mol. The van der Waals surface area contributed by atoms with Crippen molar-refractivity contribution in [3.63, 3.8) is 0 Å². The van der Waals surface area contributed by atoms with Gasteiger partial charge in [-0.1, -0.05) is 13.8 Å². The minimum Gasteiger partial charge on any atom is -0.328 e. The second-order valence-corrected chi connectivity index (χ2v) is 6.36. The first-order chi connectivity index (χ1) is 8.08. The summed E-state index contributed by atoms with van der Waals surface area (Å²) in [5, 5.41) is 2.09. The second kappa shape index (κ2) is 5.33. The van der Waals surface area contributed by atoms with Crippen LogP contribution >= 0.6 is 27.3 Å². The van der Waals surface area contributed by atoms with Crippen molar-refractivity contribution >= 4 is 27.3 Å². The van der Waals surface area contributed by atoms with Gasteiger partial charge in [0.05, 0.1) is 18.6 Å². The Kier molecular flexibility index (Phi) is 4.01. The van der Waals surface area contributed by atoms with E-state index in [0.717, 1.165) is 16.7 Å². The summed E-state index contributed by atoms with van der Waals surface area (Å²) in [5.41, 5.74) is 7.28. The molecule has 0 amide bonds. The van der Waals surface area contributed by atoms with E-state index < -0.39 is 0 Å². The Morgan fingerprint density at radius 2 is 2.29 bits per heavy atom. The summed E-state index contributed by atoms with van der Waals surface area (Å²) in [5.74, 6) is 0.417. The first-order valence-electron chi connectivity index (χ1n) is 5.56. The topological polar surface area (TPSA) is 43.8 Å². The van der Waals surface area contributed by atoms with Gasteiger partial charge < -0.3 is 10.3 Å². The molecule has 2 aromatic rings. The van der Waals surface area contributed by atoms with E-state index >= 15 is 0 Å². The first-order valence-corrected chi connectivity index (χ1v) is 7.23. The van der Waals surface area contributed by atoms with Crippen molar-refractivity contribution in [3.8, 4) is 0 Å². The normalized spacial score (nSPS) is 13.2. The third-order valence-electron chi connectivity index (χ3n) is 2.75. The summed E-state index contributed by atoms with van der Waals surface area (Å²) in [7, 11) is 0. The molecule has 1 unspecified atom stereocenters. The van der Waals surface area contributed by atoms with Gasteiger partial charge in [0.15, 0.2) is 0 Å². The first kappa shape index (κ1) is 12.8. The predicted molar refractivity (Wildman–Crippen MR) is 75.1 cm³/mol. The molecular formula is C12H16BrN3S. The number of rotatable bonds is 4. The van der Waals surface area contributed by atoms with E-state index in [4.69, 9.17) is 5.73 Å². The number of nitrogens with two attached hydrogens (primary N) is 1. The van der Waals surface area contributed by atoms with Crippen molar-refractivity contribution in [1.29, 1.82) is 0 Å². The zero-order valence-corrected chi connectivity index (χ0v) is 12.3. The lowest BCUT2D eigenvalue weighted by molar-refractivity contribution is 0.485. The van der Waals surface area contributed by atoms with Crippen molar-refractivity contribution < 1.29 is 0 Å². The Hall–Kier alpha value is -0.650. The van der Waals surface area contributed by atoms with Crippen molar-refractivity contribution in [1.82, 2.24) is 9.55 Å². The third kappa shape index (κ3) is 2.97. The number of nitrogens with zero attached hydrogens (tertiary/aromatic N) is 2. The maximum absolute atomic E-state index is 6.18. The highest BCUT2D eigenvalue weighted by atomic mass is 79.9. The highest BCUT2D eigenvalue weighted by Crippen LogP contribution is 2.23. The van der Waals surface area contributed by atoms with E-state index in [9.17, 15) is 0 Å². The molecule has 1 atom stereocenters. The van der Waals surface area contributed by atoms with Gasteiger partial charge in [0, 0.05) is 27.0 Å². The molecule has 0 spiro atoms. The van der Waals surface area contributed by atoms with Crippen molar-refractivity contribution in [3.05, 3.63) is 39.0 Å². The summed E-state index contributed by atoms with van der Waals surface area (Å²) in [6, 6.07) is 2.18. The lowest BCUT2D eigenvalue weighted by Crippen LogP contribution is -2.20. The molecule has 2 N–H and O–H groups in total. The third-order valence-corrected chi connectivity index (χ3v) is 4.43. The van der Waals surface area contributed by atoms with Gasteiger partial charge in [0.1, 0.15) is 0 Å². The van der Waals surface area contributed by atoms with Crippen molar-refractivity contribution in [2.75, 3.05) is 0 Å². The van der Waals surface area contributed by atoms with Crippen molar-refractivity contribution in [2.24, 2.45) is 11.7 Å². The highest BCUT2D eigenvalue weighted by Gasteiger charge is 2.15. The van der Waals surface area contributed by atoms with Gasteiger partial charge in [-0.25, -0.2) is 4.98 Å². The fraction of sp³-hybridized carbons (Fsp3) is 0.417. The Balaban J connectivity index is 2.19. The lowest BCUT2D eigenvalue weighted by Gasteiger charge is -2.17. The maximum Gasteiger partial charge on any atom is 0.0952 e. The summed E-state index contributed by atoms with van der Waals surface area (Å²) >= 11 is 5.21. The quantitative estimate of drug-likeness (QED) is 0.940. The second-order valence-electron chi connectivity index (χ2n) is 4.45. The zero-order valence-electron chi connectivity index (χ0n) is 9.93. The summed E-state index contributed by atoms with van der Waals surface area (Å²) < 4.78 is 3.26. The number of halogens is 1. The molecule has 92 valence electrons. The zero-order chi connectivity index (χ0) is 12.4. The highest BCUT2D eigenvalue weighted by molar-refractivity contribution is 9.10. The summed E-state index contributed by atoms with van der Waals surface area (Å²) in [4.78, 5) is 5.50. The van der Waals surface area contributed by atoms with Crippen LogP contribution in [0, 0.1) is 5.92 Å². The molecule has 0 aromatic carbocycles. The fourth-order valence-electron chi connectivity index (χ4n) is 1.69. The van der Waals surface area contributed by atoms with E-state index in [1.54, 1.807) is 11.3 Å². The van der Waals surface area contributed by atoms with E-state index in [1.807, 2.05) is 12.5 Å². The van der Waals surface area contributed by atoms with Gasteiger partial charge >= 0.3 is 0 Å². The standard InChI is InChI=1S/C12H16BrN3S/c1-8(2)12(14)11-4-15-7-16(11)5-10-3-9(13)6-17-10/h3-4,6-8,12H,5,14H2,1-2H3.